The Labute approximate surface area is 153 Å². The monoisotopic (exact) mass is 345 g/mol. The zero-order chi connectivity index (χ0) is 18.1. The van der Waals surface area contributed by atoms with Gasteiger partial charge in [-0.2, -0.15) is 5.10 Å². The molecule has 1 aliphatic rings. The Bertz CT molecular complexity index is 925. The Morgan fingerprint density at radius 1 is 1.04 bits per heavy atom. The van der Waals surface area contributed by atoms with Crippen LogP contribution in [0.3, 0.4) is 0 Å². The molecule has 0 unspecified atom stereocenters. The van der Waals surface area contributed by atoms with Gasteiger partial charge in [-0.3, -0.25) is 4.79 Å². The fourth-order valence-electron chi connectivity index (χ4n) is 3.64. The van der Waals surface area contributed by atoms with Crippen molar-refractivity contribution in [1.82, 2.24) is 15.1 Å². The first-order valence-electron chi connectivity index (χ1n) is 9.06. The lowest BCUT2D eigenvalue weighted by atomic mass is 9.96. The van der Waals surface area contributed by atoms with Crippen LogP contribution in [0.2, 0.25) is 0 Å². The Kier molecular flexibility index (Phi) is 4.11. The summed E-state index contributed by atoms with van der Waals surface area (Å²) >= 11 is 0. The third kappa shape index (κ3) is 2.92. The summed E-state index contributed by atoms with van der Waals surface area (Å²) in [6.07, 6.45) is 2.25. The van der Waals surface area contributed by atoms with Gasteiger partial charge in [0.05, 0.1) is 22.6 Å². The van der Waals surface area contributed by atoms with E-state index >= 15 is 0 Å². The van der Waals surface area contributed by atoms with Crippen molar-refractivity contribution in [3.05, 3.63) is 83.2 Å². The maximum absolute atomic E-state index is 12.9. The van der Waals surface area contributed by atoms with Gasteiger partial charge in [0.25, 0.3) is 5.91 Å². The number of hydrogen-bond acceptors (Lipinski definition) is 2. The fourth-order valence-corrected chi connectivity index (χ4v) is 3.64. The normalized spacial score (nSPS) is 14.8. The number of aryl methyl sites for hydroxylation is 1. The predicted octanol–water partition coefficient (Wildman–Crippen LogP) is 3.95. The molecule has 1 heterocycles. The van der Waals surface area contributed by atoms with E-state index in [1.165, 1.54) is 5.56 Å². The van der Waals surface area contributed by atoms with Gasteiger partial charge in [-0.25, -0.2) is 4.68 Å². The van der Waals surface area contributed by atoms with Gasteiger partial charge in [0, 0.05) is 12.0 Å². The second kappa shape index (κ2) is 6.45. The lowest BCUT2D eigenvalue weighted by molar-refractivity contribution is 0.0948. The summed E-state index contributed by atoms with van der Waals surface area (Å²) in [5.41, 5.74) is 4.69. The van der Waals surface area contributed by atoms with Crippen LogP contribution in [-0.2, 0) is 5.41 Å². The molecule has 0 radical (unpaired) electrons. The van der Waals surface area contributed by atoms with E-state index in [-0.39, 0.29) is 11.3 Å². The van der Waals surface area contributed by atoms with E-state index in [4.69, 9.17) is 0 Å². The Hall–Kier alpha value is -2.88. The Balaban J connectivity index is 1.54. The molecule has 0 saturated heterocycles. The average molecular weight is 345 g/mol. The maximum Gasteiger partial charge on any atom is 0.255 e. The molecule has 0 bridgehead atoms. The fraction of sp³-hybridized carbons (Fsp3) is 0.273. The highest BCUT2D eigenvalue weighted by Crippen LogP contribution is 2.47. The van der Waals surface area contributed by atoms with Crippen molar-refractivity contribution < 1.29 is 4.79 Å². The number of nitrogens with zero attached hydrogens (tertiary/aromatic N) is 2. The van der Waals surface area contributed by atoms with E-state index < -0.39 is 0 Å². The van der Waals surface area contributed by atoms with Crippen LogP contribution in [0, 0.1) is 13.8 Å². The van der Waals surface area contributed by atoms with Gasteiger partial charge in [0.15, 0.2) is 0 Å². The van der Waals surface area contributed by atoms with Crippen molar-refractivity contribution >= 4 is 5.91 Å². The standard InChI is InChI=1S/C22H23N3O/c1-16-20(17(2)25(24-16)19-11-7-4-8-12-19)21(26)23-15-22(13-14-22)18-9-5-3-6-10-18/h3-12H,13-15H2,1-2H3,(H,23,26). The van der Waals surface area contributed by atoms with E-state index in [0.29, 0.717) is 12.1 Å². The van der Waals surface area contributed by atoms with Crippen molar-refractivity contribution in [3.8, 4) is 5.69 Å². The number of carbonyl (C=O) groups is 1. The summed E-state index contributed by atoms with van der Waals surface area (Å²) in [6.45, 7) is 4.52. The lowest BCUT2D eigenvalue weighted by Crippen LogP contribution is -2.32. The van der Waals surface area contributed by atoms with Crippen LogP contribution < -0.4 is 5.32 Å². The van der Waals surface area contributed by atoms with Crippen LogP contribution in [-0.4, -0.2) is 22.2 Å². The first-order chi connectivity index (χ1) is 12.6. The minimum atomic E-state index is -0.0376. The summed E-state index contributed by atoms with van der Waals surface area (Å²) in [5.74, 6) is -0.0376. The molecule has 4 heteroatoms. The maximum atomic E-state index is 12.9. The molecule has 4 rings (SSSR count). The lowest BCUT2D eigenvalue weighted by Gasteiger charge is -2.16. The van der Waals surface area contributed by atoms with Gasteiger partial charge in [-0.15, -0.1) is 0 Å². The number of nitrogens with one attached hydrogen (secondary N) is 1. The van der Waals surface area contributed by atoms with Crippen LogP contribution in [0.25, 0.3) is 5.69 Å². The molecule has 132 valence electrons. The summed E-state index contributed by atoms with van der Waals surface area (Å²) < 4.78 is 1.84. The van der Waals surface area contributed by atoms with Crippen LogP contribution >= 0.6 is 0 Å². The second-order valence-electron chi connectivity index (χ2n) is 7.12. The SMILES string of the molecule is Cc1nn(-c2ccccc2)c(C)c1C(=O)NCC1(c2ccccc2)CC1. The molecule has 1 aromatic heterocycles. The smallest absolute Gasteiger partial charge is 0.255 e. The van der Waals surface area contributed by atoms with Crippen molar-refractivity contribution in [3.63, 3.8) is 0 Å². The van der Waals surface area contributed by atoms with Gasteiger partial charge in [-0.1, -0.05) is 48.5 Å². The van der Waals surface area contributed by atoms with Crippen LogP contribution in [0.15, 0.2) is 60.7 Å². The molecule has 0 aliphatic heterocycles. The Morgan fingerprint density at radius 2 is 1.65 bits per heavy atom. The first kappa shape index (κ1) is 16.6. The third-order valence-corrected chi connectivity index (χ3v) is 5.35. The molecular weight excluding hydrogens is 322 g/mol. The highest BCUT2D eigenvalue weighted by Gasteiger charge is 2.44. The van der Waals surface area contributed by atoms with Gasteiger partial charge in [-0.05, 0) is 44.4 Å². The van der Waals surface area contributed by atoms with E-state index in [1.54, 1.807) is 0 Å². The largest absolute Gasteiger partial charge is 0.351 e. The molecule has 1 saturated carbocycles. The van der Waals surface area contributed by atoms with Crippen molar-refractivity contribution in [1.29, 1.82) is 0 Å². The van der Waals surface area contributed by atoms with Crippen molar-refractivity contribution in [2.45, 2.75) is 32.1 Å². The number of para-hydroxylation sites is 1. The van der Waals surface area contributed by atoms with Crippen molar-refractivity contribution in [2.24, 2.45) is 0 Å². The number of rotatable bonds is 5. The molecule has 3 aromatic rings. The number of carbonyl (C=O) groups excluding carboxylic acids is 1. The van der Waals surface area contributed by atoms with E-state index in [1.807, 2.05) is 54.9 Å². The molecule has 1 aliphatic carbocycles. The predicted molar refractivity (Wildman–Crippen MR) is 103 cm³/mol. The minimum absolute atomic E-state index is 0.0376. The molecule has 0 atom stereocenters. The third-order valence-electron chi connectivity index (χ3n) is 5.35. The molecule has 0 spiro atoms. The zero-order valence-corrected chi connectivity index (χ0v) is 15.2. The summed E-state index contributed by atoms with van der Waals surface area (Å²) in [6, 6.07) is 20.4. The van der Waals surface area contributed by atoms with E-state index in [0.717, 1.165) is 29.9 Å². The van der Waals surface area contributed by atoms with E-state index in [2.05, 4.69) is 34.7 Å². The molecule has 4 nitrogen and oxygen atoms in total. The van der Waals surface area contributed by atoms with Gasteiger partial charge >= 0.3 is 0 Å². The number of hydrogen-bond donors (Lipinski definition) is 1. The highest BCUT2D eigenvalue weighted by atomic mass is 16.1. The highest BCUT2D eigenvalue weighted by molar-refractivity contribution is 5.96. The summed E-state index contributed by atoms with van der Waals surface area (Å²) in [5, 5.41) is 7.73. The average Bonchev–Trinajstić information content (AvgIpc) is 3.41. The first-order valence-corrected chi connectivity index (χ1v) is 9.06. The molecule has 1 amide bonds. The van der Waals surface area contributed by atoms with Gasteiger partial charge in [0.1, 0.15) is 0 Å². The molecule has 26 heavy (non-hydrogen) atoms. The van der Waals surface area contributed by atoms with Crippen LogP contribution in [0.1, 0.15) is 40.2 Å². The molecule has 1 N–H and O–H groups in total. The number of benzene rings is 2. The van der Waals surface area contributed by atoms with E-state index in [9.17, 15) is 4.79 Å². The quantitative estimate of drug-likeness (QED) is 0.761. The Morgan fingerprint density at radius 3 is 2.27 bits per heavy atom. The van der Waals surface area contributed by atoms with Crippen molar-refractivity contribution in [2.75, 3.05) is 6.54 Å². The zero-order valence-electron chi connectivity index (χ0n) is 15.2. The summed E-state index contributed by atoms with van der Waals surface area (Å²) in [4.78, 5) is 12.9. The van der Waals surface area contributed by atoms with Crippen LogP contribution in [0.5, 0.6) is 0 Å². The van der Waals surface area contributed by atoms with Crippen LogP contribution in [0.4, 0.5) is 0 Å². The minimum Gasteiger partial charge on any atom is -0.351 e. The second-order valence-corrected chi connectivity index (χ2v) is 7.12. The molecule has 1 fully saturated rings. The van der Waals surface area contributed by atoms with Gasteiger partial charge < -0.3 is 5.32 Å². The molecular formula is C22H23N3O. The summed E-state index contributed by atoms with van der Waals surface area (Å²) in [7, 11) is 0. The number of aromatic nitrogens is 2. The number of amides is 1. The molecule has 2 aromatic carbocycles. The topological polar surface area (TPSA) is 46.9 Å². The van der Waals surface area contributed by atoms with Gasteiger partial charge in [0.2, 0.25) is 0 Å².